The van der Waals surface area contributed by atoms with Crippen molar-refractivity contribution in [2.75, 3.05) is 11.6 Å². The van der Waals surface area contributed by atoms with Gasteiger partial charge in [0.25, 0.3) is 5.91 Å². The largest absolute Gasteiger partial charge is 0.320 e. The average molecular weight is 377 g/mol. The van der Waals surface area contributed by atoms with E-state index in [4.69, 9.17) is 11.6 Å². The van der Waals surface area contributed by atoms with Gasteiger partial charge in [0, 0.05) is 10.6 Å². The summed E-state index contributed by atoms with van der Waals surface area (Å²) in [5.74, 6) is -0.983. The maximum absolute atomic E-state index is 13.2. The molecule has 0 bridgehead atoms. The average Bonchev–Trinajstić information content (AvgIpc) is 3.00. The molecule has 0 spiro atoms. The summed E-state index contributed by atoms with van der Waals surface area (Å²) in [4.78, 5) is 13.5. The minimum Gasteiger partial charge on any atom is -0.320 e. The Morgan fingerprint density at radius 2 is 2.08 bits per heavy atom. The standard InChI is InChI=1S/C17H14ClFN4OS/c1-10-16(17(24)20-11-6-7-15(19)14(18)8-11)21-22-23(10)12-4-3-5-13(9-12)25-2/h3-9H,1-2H3,(H,20,24). The normalized spacial score (nSPS) is 10.7. The fourth-order valence-corrected chi connectivity index (χ4v) is 2.92. The van der Waals surface area contributed by atoms with Gasteiger partial charge >= 0.3 is 0 Å². The summed E-state index contributed by atoms with van der Waals surface area (Å²) in [5.41, 5.74) is 1.99. The van der Waals surface area contributed by atoms with Crippen LogP contribution in [-0.2, 0) is 0 Å². The maximum Gasteiger partial charge on any atom is 0.278 e. The molecule has 0 aliphatic heterocycles. The molecule has 1 heterocycles. The van der Waals surface area contributed by atoms with Crippen LogP contribution < -0.4 is 5.32 Å². The predicted octanol–water partition coefficient (Wildman–Crippen LogP) is 4.34. The summed E-state index contributed by atoms with van der Waals surface area (Å²) in [6, 6.07) is 11.7. The van der Waals surface area contributed by atoms with E-state index in [0.29, 0.717) is 11.4 Å². The Hall–Kier alpha value is -2.38. The van der Waals surface area contributed by atoms with Gasteiger partial charge in [-0.1, -0.05) is 22.9 Å². The monoisotopic (exact) mass is 376 g/mol. The Balaban J connectivity index is 1.87. The molecule has 1 N–H and O–H groups in total. The number of carbonyl (C=O) groups is 1. The molecule has 8 heteroatoms. The fourth-order valence-electron chi connectivity index (χ4n) is 2.29. The van der Waals surface area contributed by atoms with Crippen LogP contribution >= 0.6 is 23.4 Å². The number of aromatic nitrogens is 3. The minimum absolute atomic E-state index is 0.0629. The van der Waals surface area contributed by atoms with Crippen LogP contribution in [0.15, 0.2) is 47.4 Å². The molecule has 0 aliphatic rings. The Labute approximate surface area is 153 Å². The number of carbonyl (C=O) groups excluding carboxylic acids is 1. The molecule has 2 aromatic carbocycles. The zero-order valence-corrected chi connectivity index (χ0v) is 15.0. The molecule has 0 saturated heterocycles. The molecule has 5 nitrogen and oxygen atoms in total. The first kappa shape index (κ1) is 17.4. The summed E-state index contributed by atoms with van der Waals surface area (Å²) < 4.78 is 14.8. The number of anilines is 1. The summed E-state index contributed by atoms with van der Waals surface area (Å²) in [6.07, 6.45) is 1.99. The van der Waals surface area contributed by atoms with E-state index in [0.717, 1.165) is 10.6 Å². The van der Waals surface area contributed by atoms with Crippen LogP contribution in [0, 0.1) is 12.7 Å². The Bertz CT molecular complexity index is 944. The molecular weight excluding hydrogens is 363 g/mol. The minimum atomic E-state index is -0.546. The molecule has 0 fully saturated rings. The van der Waals surface area contributed by atoms with Gasteiger partial charge in [-0.15, -0.1) is 16.9 Å². The number of hydrogen-bond donors (Lipinski definition) is 1. The number of nitrogens with one attached hydrogen (secondary N) is 1. The topological polar surface area (TPSA) is 59.8 Å². The molecule has 25 heavy (non-hydrogen) atoms. The highest BCUT2D eigenvalue weighted by Crippen LogP contribution is 2.22. The van der Waals surface area contributed by atoms with E-state index in [1.54, 1.807) is 23.4 Å². The molecule has 0 unspecified atom stereocenters. The third-order valence-electron chi connectivity index (χ3n) is 3.59. The van der Waals surface area contributed by atoms with Gasteiger partial charge in [0.1, 0.15) is 5.82 Å². The van der Waals surface area contributed by atoms with Crippen molar-refractivity contribution in [3.8, 4) is 5.69 Å². The molecule has 0 radical (unpaired) electrons. The third kappa shape index (κ3) is 3.67. The third-order valence-corrected chi connectivity index (χ3v) is 4.60. The first-order chi connectivity index (χ1) is 12.0. The van der Waals surface area contributed by atoms with Crippen molar-refractivity contribution in [3.05, 3.63) is 64.7 Å². The van der Waals surface area contributed by atoms with Crippen LogP contribution in [-0.4, -0.2) is 27.2 Å². The maximum atomic E-state index is 13.2. The quantitative estimate of drug-likeness (QED) is 0.688. The molecule has 0 atom stereocenters. The molecule has 0 aliphatic carbocycles. The van der Waals surface area contributed by atoms with Crippen molar-refractivity contribution in [2.45, 2.75) is 11.8 Å². The van der Waals surface area contributed by atoms with Gasteiger partial charge in [-0.05, 0) is 49.6 Å². The van der Waals surface area contributed by atoms with Crippen LogP contribution in [0.25, 0.3) is 5.69 Å². The highest BCUT2D eigenvalue weighted by atomic mass is 35.5. The predicted molar refractivity (Wildman–Crippen MR) is 97.2 cm³/mol. The summed E-state index contributed by atoms with van der Waals surface area (Å²) in [5, 5.41) is 10.6. The Morgan fingerprint density at radius 3 is 2.80 bits per heavy atom. The smallest absolute Gasteiger partial charge is 0.278 e. The van der Waals surface area contributed by atoms with E-state index < -0.39 is 11.7 Å². The number of halogens is 2. The van der Waals surface area contributed by atoms with E-state index in [-0.39, 0.29) is 10.7 Å². The van der Waals surface area contributed by atoms with Crippen LogP contribution in [0.2, 0.25) is 5.02 Å². The van der Waals surface area contributed by atoms with Gasteiger partial charge < -0.3 is 5.32 Å². The van der Waals surface area contributed by atoms with Gasteiger partial charge in [0.2, 0.25) is 0 Å². The lowest BCUT2D eigenvalue weighted by Gasteiger charge is -2.06. The molecule has 3 rings (SSSR count). The van der Waals surface area contributed by atoms with Crippen molar-refractivity contribution in [3.63, 3.8) is 0 Å². The van der Waals surface area contributed by atoms with Crippen LogP contribution in [0.5, 0.6) is 0 Å². The molecule has 3 aromatic rings. The first-order valence-corrected chi connectivity index (χ1v) is 8.93. The molecule has 0 saturated carbocycles. The number of thioether (sulfide) groups is 1. The zero-order valence-electron chi connectivity index (χ0n) is 13.5. The second kappa shape index (κ2) is 7.25. The molecule has 128 valence electrons. The van der Waals surface area contributed by atoms with Gasteiger partial charge in [-0.3, -0.25) is 4.79 Å². The summed E-state index contributed by atoms with van der Waals surface area (Å²) >= 11 is 7.34. The number of amides is 1. The second-order valence-corrected chi connectivity index (χ2v) is 6.51. The van der Waals surface area contributed by atoms with Crippen molar-refractivity contribution in [1.82, 2.24) is 15.0 Å². The lowest BCUT2D eigenvalue weighted by atomic mass is 10.2. The van der Waals surface area contributed by atoms with Gasteiger partial charge in [0.05, 0.1) is 16.4 Å². The van der Waals surface area contributed by atoms with E-state index in [2.05, 4.69) is 15.6 Å². The lowest BCUT2D eigenvalue weighted by Crippen LogP contribution is -2.14. The highest BCUT2D eigenvalue weighted by molar-refractivity contribution is 7.98. The van der Waals surface area contributed by atoms with Gasteiger partial charge in [-0.2, -0.15) is 0 Å². The highest BCUT2D eigenvalue weighted by Gasteiger charge is 2.18. The number of benzene rings is 2. The van der Waals surface area contributed by atoms with Crippen molar-refractivity contribution < 1.29 is 9.18 Å². The number of rotatable bonds is 4. The van der Waals surface area contributed by atoms with Crippen molar-refractivity contribution in [2.24, 2.45) is 0 Å². The van der Waals surface area contributed by atoms with E-state index in [1.807, 2.05) is 30.5 Å². The van der Waals surface area contributed by atoms with E-state index in [9.17, 15) is 9.18 Å². The number of nitrogens with zero attached hydrogens (tertiary/aromatic N) is 3. The Kier molecular flexibility index (Phi) is 5.06. The first-order valence-electron chi connectivity index (χ1n) is 7.32. The lowest BCUT2D eigenvalue weighted by molar-refractivity contribution is 0.102. The molecule has 1 amide bonds. The SMILES string of the molecule is CSc1cccc(-n2nnc(C(=O)Nc3ccc(F)c(Cl)c3)c2C)c1. The zero-order chi connectivity index (χ0) is 18.0. The Morgan fingerprint density at radius 1 is 1.28 bits per heavy atom. The van der Waals surface area contributed by atoms with E-state index in [1.165, 1.54) is 18.2 Å². The van der Waals surface area contributed by atoms with Gasteiger partial charge in [-0.25, -0.2) is 9.07 Å². The fraction of sp³-hybridized carbons (Fsp3) is 0.118. The summed E-state index contributed by atoms with van der Waals surface area (Å²) in [6.45, 7) is 1.76. The van der Waals surface area contributed by atoms with Crippen molar-refractivity contribution in [1.29, 1.82) is 0 Å². The molecule has 1 aromatic heterocycles. The van der Waals surface area contributed by atoms with Crippen LogP contribution in [0.3, 0.4) is 0 Å². The second-order valence-electron chi connectivity index (χ2n) is 5.22. The van der Waals surface area contributed by atoms with Crippen molar-refractivity contribution >= 4 is 35.0 Å². The number of hydrogen-bond acceptors (Lipinski definition) is 4. The van der Waals surface area contributed by atoms with Gasteiger partial charge in [0.15, 0.2) is 5.69 Å². The molecular formula is C17H14ClFN4OS. The van der Waals surface area contributed by atoms with Crippen LogP contribution in [0.4, 0.5) is 10.1 Å². The van der Waals surface area contributed by atoms with E-state index >= 15 is 0 Å². The van der Waals surface area contributed by atoms with Crippen LogP contribution in [0.1, 0.15) is 16.2 Å². The summed E-state index contributed by atoms with van der Waals surface area (Å²) in [7, 11) is 0.